The first-order chi connectivity index (χ1) is 9.56. The van der Waals surface area contributed by atoms with Crippen molar-refractivity contribution in [2.45, 2.75) is 24.8 Å². The second-order valence-corrected chi connectivity index (χ2v) is 7.15. The van der Waals surface area contributed by atoms with Gasteiger partial charge in [-0.25, -0.2) is 8.42 Å². The van der Waals surface area contributed by atoms with E-state index in [1.54, 1.807) is 0 Å². The van der Waals surface area contributed by atoms with E-state index in [1.807, 2.05) is 4.72 Å². The average molecular weight is 381 g/mol. The summed E-state index contributed by atoms with van der Waals surface area (Å²) in [7, 11) is -4.35. The number of nitrogens with zero attached hydrogens (tertiary/aromatic N) is 1. The van der Waals surface area contributed by atoms with Crippen molar-refractivity contribution in [2.75, 3.05) is 0 Å². The quantitative estimate of drug-likeness (QED) is 0.571. The normalized spacial score (nSPS) is 13.1. The number of nitro benzene ring substituents is 1. The summed E-state index contributed by atoms with van der Waals surface area (Å²) < 4.78 is 26.8. The van der Waals surface area contributed by atoms with Gasteiger partial charge in [0.15, 0.2) is 4.90 Å². The summed E-state index contributed by atoms with van der Waals surface area (Å²) in [5.74, 6) is -1.88. The standard InChI is InChI=1S/C11H13BrN2O6S/c1-6(2)10(11(15)16)13-21(19,20)9-5-7(12)3-4-8(9)14(17)18/h3-6,10,13H,1-2H3,(H,15,16)/t10-/m1/s1. The van der Waals surface area contributed by atoms with E-state index < -0.39 is 43.5 Å². The number of aliphatic carboxylic acids is 1. The van der Waals surface area contributed by atoms with Crippen LogP contribution in [0.15, 0.2) is 27.6 Å². The van der Waals surface area contributed by atoms with Crippen LogP contribution in [0.25, 0.3) is 0 Å². The van der Waals surface area contributed by atoms with Crippen LogP contribution in [-0.4, -0.2) is 30.5 Å². The van der Waals surface area contributed by atoms with Gasteiger partial charge in [-0.3, -0.25) is 14.9 Å². The van der Waals surface area contributed by atoms with Crippen LogP contribution >= 0.6 is 15.9 Å². The van der Waals surface area contributed by atoms with Gasteiger partial charge in [0.05, 0.1) is 4.92 Å². The predicted molar refractivity (Wildman–Crippen MR) is 77.4 cm³/mol. The highest BCUT2D eigenvalue weighted by atomic mass is 79.9. The molecule has 0 saturated carbocycles. The lowest BCUT2D eigenvalue weighted by Gasteiger charge is -2.18. The Hall–Kier alpha value is -1.52. The van der Waals surface area contributed by atoms with Crippen molar-refractivity contribution < 1.29 is 23.2 Å². The molecule has 0 spiro atoms. The van der Waals surface area contributed by atoms with Gasteiger partial charge in [-0.1, -0.05) is 29.8 Å². The number of hydrogen-bond acceptors (Lipinski definition) is 5. The molecule has 0 aliphatic heterocycles. The number of nitrogens with one attached hydrogen (secondary N) is 1. The largest absolute Gasteiger partial charge is 0.480 e. The smallest absolute Gasteiger partial charge is 0.322 e. The van der Waals surface area contributed by atoms with Crippen molar-refractivity contribution in [3.63, 3.8) is 0 Å². The van der Waals surface area contributed by atoms with Crippen LogP contribution in [0.5, 0.6) is 0 Å². The first kappa shape index (κ1) is 17.5. The summed E-state index contributed by atoms with van der Waals surface area (Å²) >= 11 is 3.03. The fourth-order valence-corrected chi connectivity index (χ4v) is 3.60. The van der Waals surface area contributed by atoms with Crippen molar-refractivity contribution in [3.05, 3.63) is 32.8 Å². The molecular formula is C11H13BrN2O6S. The Bertz CT molecular complexity index is 673. The maximum atomic E-state index is 12.2. The minimum atomic E-state index is -4.35. The molecule has 1 rings (SSSR count). The lowest BCUT2D eigenvalue weighted by atomic mass is 10.1. The lowest BCUT2D eigenvalue weighted by Crippen LogP contribution is -2.44. The maximum Gasteiger partial charge on any atom is 0.322 e. The van der Waals surface area contributed by atoms with Gasteiger partial charge in [-0.05, 0) is 18.1 Å². The fraction of sp³-hybridized carbons (Fsp3) is 0.364. The zero-order valence-electron chi connectivity index (χ0n) is 11.1. The molecule has 116 valence electrons. The van der Waals surface area contributed by atoms with Crippen LogP contribution in [0.4, 0.5) is 5.69 Å². The Labute approximate surface area is 129 Å². The van der Waals surface area contributed by atoms with Gasteiger partial charge in [0, 0.05) is 10.5 Å². The Morgan fingerprint density at radius 1 is 1.43 bits per heavy atom. The zero-order valence-corrected chi connectivity index (χ0v) is 13.5. The maximum absolute atomic E-state index is 12.2. The Balaban J connectivity index is 3.34. The number of rotatable bonds is 6. The molecule has 10 heteroatoms. The number of nitro groups is 1. The van der Waals surface area contributed by atoms with Crippen molar-refractivity contribution >= 4 is 37.6 Å². The molecule has 8 nitrogen and oxygen atoms in total. The van der Waals surface area contributed by atoms with E-state index in [0.717, 1.165) is 12.1 Å². The number of carboxylic acids is 1. The molecule has 0 aliphatic rings. The Kier molecular flexibility index (Phi) is 5.42. The second kappa shape index (κ2) is 6.50. The Morgan fingerprint density at radius 3 is 2.43 bits per heavy atom. The number of benzene rings is 1. The minimum absolute atomic E-state index is 0.324. The van der Waals surface area contributed by atoms with E-state index in [2.05, 4.69) is 15.9 Å². The van der Waals surface area contributed by atoms with Crippen molar-refractivity contribution in [1.82, 2.24) is 4.72 Å². The molecule has 21 heavy (non-hydrogen) atoms. The van der Waals surface area contributed by atoms with Gasteiger partial charge >= 0.3 is 5.97 Å². The molecule has 1 aromatic rings. The SMILES string of the molecule is CC(C)[C@@H](NS(=O)(=O)c1cc(Br)ccc1[N+](=O)[O-])C(=O)O. The Morgan fingerprint density at radius 2 is 2.00 bits per heavy atom. The third-order valence-electron chi connectivity index (χ3n) is 2.62. The monoisotopic (exact) mass is 380 g/mol. The molecule has 2 N–H and O–H groups in total. The predicted octanol–water partition coefficient (Wildman–Crippen LogP) is 1.74. The summed E-state index contributed by atoms with van der Waals surface area (Å²) in [5.41, 5.74) is -0.626. The highest BCUT2D eigenvalue weighted by molar-refractivity contribution is 9.10. The van der Waals surface area contributed by atoms with Gasteiger partial charge < -0.3 is 5.11 Å². The van der Waals surface area contributed by atoms with Crippen LogP contribution in [0.1, 0.15) is 13.8 Å². The van der Waals surface area contributed by atoms with E-state index in [0.29, 0.717) is 4.47 Å². The summed E-state index contributed by atoms with van der Waals surface area (Å²) in [5, 5.41) is 19.9. The van der Waals surface area contributed by atoms with Gasteiger partial charge in [0.1, 0.15) is 6.04 Å². The second-order valence-electron chi connectivity index (χ2n) is 4.55. The molecule has 0 aromatic heterocycles. The molecule has 1 aromatic carbocycles. The highest BCUT2D eigenvalue weighted by Gasteiger charge is 2.32. The van der Waals surface area contributed by atoms with E-state index >= 15 is 0 Å². The van der Waals surface area contributed by atoms with Crippen molar-refractivity contribution in [3.8, 4) is 0 Å². The third kappa shape index (κ3) is 4.22. The minimum Gasteiger partial charge on any atom is -0.480 e. The van der Waals surface area contributed by atoms with E-state index in [1.165, 1.54) is 19.9 Å². The van der Waals surface area contributed by atoms with E-state index in [9.17, 15) is 23.3 Å². The molecule has 0 fully saturated rings. The number of carbonyl (C=O) groups is 1. The van der Waals surface area contributed by atoms with Gasteiger partial charge in [0.2, 0.25) is 10.0 Å². The fourth-order valence-electron chi connectivity index (χ4n) is 1.56. The molecule has 0 unspecified atom stereocenters. The van der Waals surface area contributed by atoms with Crippen LogP contribution in [-0.2, 0) is 14.8 Å². The van der Waals surface area contributed by atoms with Crippen LogP contribution < -0.4 is 4.72 Å². The molecule has 0 bridgehead atoms. The number of hydrogen-bond donors (Lipinski definition) is 2. The van der Waals surface area contributed by atoms with Gasteiger partial charge in [-0.15, -0.1) is 0 Å². The van der Waals surface area contributed by atoms with Crippen molar-refractivity contribution in [2.24, 2.45) is 5.92 Å². The summed E-state index contributed by atoms with van der Waals surface area (Å²) in [6, 6.07) is 2.03. The summed E-state index contributed by atoms with van der Waals surface area (Å²) in [4.78, 5) is 20.6. The number of sulfonamides is 1. The van der Waals surface area contributed by atoms with Gasteiger partial charge in [-0.2, -0.15) is 4.72 Å². The molecule has 0 radical (unpaired) electrons. The molecular weight excluding hydrogens is 368 g/mol. The van der Waals surface area contributed by atoms with Crippen LogP contribution in [0, 0.1) is 16.0 Å². The zero-order chi connectivity index (χ0) is 16.4. The summed E-state index contributed by atoms with van der Waals surface area (Å²) in [6.07, 6.45) is 0. The average Bonchev–Trinajstić information content (AvgIpc) is 2.34. The molecule has 1 atom stereocenters. The van der Waals surface area contributed by atoms with Crippen LogP contribution in [0.3, 0.4) is 0 Å². The molecule has 0 heterocycles. The molecule has 0 amide bonds. The number of carboxylic acid groups (broad SMARTS) is 1. The topological polar surface area (TPSA) is 127 Å². The van der Waals surface area contributed by atoms with Crippen LogP contribution in [0.2, 0.25) is 0 Å². The highest BCUT2D eigenvalue weighted by Crippen LogP contribution is 2.27. The molecule has 0 saturated heterocycles. The summed E-state index contributed by atoms with van der Waals surface area (Å²) in [6.45, 7) is 3.05. The first-order valence-electron chi connectivity index (χ1n) is 5.75. The van der Waals surface area contributed by atoms with E-state index in [-0.39, 0.29) is 0 Å². The van der Waals surface area contributed by atoms with Gasteiger partial charge in [0.25, 0.3) is 5.69 Å². The van der Waals surface area contributed by atoms with E-state index in [4.69, 9.17) is 5.11 Å². The number of halogens is 1. The lowest BCUT2D eigenvalue weighted by molar-refractivity contribution is -0.387. The van der Waals surface area contributed by atoms with Crippen molar-refractivity contribution in [1.29, 1.82) is 0 Å². The third-order valence-corrected chi connectivity index (χ3v) is 4.59. The molecule has 0 aliphatic carbocycles. The first-order valence-corrected chi connectivity index (χ1v) is 8.03.